The van der Waals surface area contributed by atoms with E-state index in [1.165, 1.54) is 0 Å². The molecule has 0 radical (unpaired) electrons. The number of nitrogens with zero attached hydrogens (tertiary/aromatic N) is 1. The van der Waals surface area contributed by atoms with Gasteiger partial charge in [0.2, 0.25) is 0 Å². The van der Waals surface area contributed by atoms with Crippen molar-refractivity contribution in [2.24, 2.45) is 5.41 Å². The smallest absolute Gasteiger partial charge is 0.170 e. The van der Waals surface area contributed by atoms with E-state index in [2.05, 4.69) is 36.2 Å². The Balaban J connectivity index is 1.73. The molecule has 0 unspecified atom stereocenters. The van der Waals surface area contributed by atoms with Gasteiger partial charge in [-0.15, -0.1) is 0 Å². The van der Waals surface area contributed by atoms with Crippen molar-refractivity contribution in [3.63, 3.8) is 0 Å². The molecule has 1 fully saturated rings. The fourth-order valence-electron chi connectivity index (χ4n) is 4.27. The van der Waals surface area contributed by atoms with E-state index in [1.807, 2.05) is 66.7 Å². The molecule has 1 aliphatic rings. The Kier molecular flexibility index (Phi) is 7.10. The zero-order valence-electron chi connectivity index (χ0n) is 18.8. The van der Waals surface area contributed by atoms with Crippen molar-refractivity contribution < 1.29 is 14.6 Å². The van der Waals surface area contributed by atoms with Crippen LogP contribution in [-0.4, -0.2) is 42.8 Å². The Hall–Kier alpha value is -2.86. The highest BCUT2D eigenvalue weighted by atomic mass is 16.5. The number of para-hydroxylation sites is 2. The lowest BCUT2D eigenvalue weighted by atomic mass is 9.79. The highest BCUT2D eigenvalue weighted by Gasteiger charge is 2.36. The van der Waals surface area contributed by atoms with Gasteiger partial charge >= 0.3 is 0 Å². The topological polar surface area (TPSA) is 54.0 Å². The highest BCUT2D eigenvalue weighted by Crippen LogP contribution is 2.43. The summed E-state index contributed by atoms with van der Waals surface area (Å²) in [6.45, 7) is 8.09. The number of ether oxygens (including phenoxy) is 2. The van der Waals surface area contributed by atoms with E-state index in [9.17, 15) is 5.11 Å². The molecule has 168 valence electrons. The summed E-state index contributed by atoms with van der Waals surface area (Å²) >= 11 is 0. The lowest BCUT2D eigenvalue weighted by Gasteiger charge is -2.43. The van der Waals surface area contributed by atoms with Crippen molar-refractivity contribution in [2.45, 2.75) is 19.9 Å². The van der Waals surface area contributed by atoms with E-state index in [1.54, 1.807) is 0 Å². The first-order valence-corrected chi connectivity index (χ1v) is 11.2. The molecule has 32 heavy (non-hydrogen) atoms. The highest BCUT2D eigenvalue weighted by molar-refractivity contribution is 5.48. The average molecular weight is 433 g/mol. The molecule has 0 saturated carbocycles. The predicted octanol–water partition coefficient (Wildman–Crippen LogP) is 5.24. The van der Waals surface area contributed by atoms with E-state index < -0.39 is 0 Å². The summed E-state index contributed by atoms with van der Waals surface area (Å²) in [5.41, 5.74) is 0.792. The first kappa shape index (κ1) is 22.3. The van der Waals surface area contributed by atoms with Crippen LogP contribution in [0, 0.1) is 5.41 Å². The van der Waals surface area contributed by atoms with Crippen molar-refractivity contribution in [3.8, 4) is 23.0 Å². The van der Waals surface area contributed by atoms with Gasteiger partial charge in [-0.25, -0.2) is 0 Å². The maximum atomic E-state index is 10.2. The number of piperazine rings is 1. The number of hydrogen-bond acceptors (Lipinski definition) is 5. The Morgan fingerprint density at radius 1 is 0.844 bits per heavy atom. The molecule has 5 nitrogen and oxygen atoms in total. The second-order valence-electron chi connectivity index (χ2n) is 8.87. The van der Waals surface area contributed by atoms with Gasteiger partial charge in [-0.1, -0.05) is 56.3 Å². The Bertz CT molecular complexity index is 986. The van der Waals surface area contributed by atoms with Crippen LogP contribution in [0.15, 0.2) is 78.9 Å². The SMILES string of the molecule is CC(C)(CO)[C@H](c1ccc(Oc2ccccc2)c(Oc2ccccc2)c1)N1CCNCC1. The fourth-order valence-corrected chi connectivity index (χ4v) is 4.27. The van der Waals surface area contributed by atoms with Gasteiger partial charge in [0.15, 0.2) is 11.5 Å². The predicted molar refractivity (Wildman–Crippen MR) is 128 cm³/mol. The second kappa shape index (κ2) is 10.2. The van der Waals surface area contributed by atoms with Crippen LogP contribution in [0.2, 0.25) is 0 Å². The first-order valence-electron chi connectivity index (χ1n) is 11.2. The van der Waals surface area contributed by atoms with Crippen LogP contribution < -0.4 is 14.8 Å². The van der Waals surface area contributed by atoms with Crippen molar-refractivity contribution in [3.05, 3.63) is 84.4 Å². The zero-order chi connectivity index (χ0) is 22.4. The summed E-state index contributed by atoms with van der Waals surface area (Å²) in [4.78, 5) is 2.45. The summed E-state index contributed by atoms with van der Waals surface area (Å²) in [6, 6.07) is 25.7. The molecular formula is C27H32N2O3. The van der Waals surface area contributed by atoms with Crippen LogP contribution in [-0.2, 0) is 0 Å². The van der Waals surface area contributed by atoms with Crippen molar-refractivity contribution >= 4 is 0 Å². The number of rotatable bonds is 8. The third kappa shape index (κ3) is 5.30. The van der Waals surface area contributed by atoms with E-state index in [4.69, 9.17) is 9.47 Å². The number of aliphatic hydroxyl groups is 1. The number of nitrogens with one attached hydrogen (secondary N) is 1. The normalized spacial score (nSPS) is 15.8. The third-order valence-electron chi connectivity index (χ3n) is 5.89. The fraction of sp³-hybridized carbons (Fsp3) is 0.333. The van der Waals surface area contributed by atoms with Gasteiger partial charge in [0.1, 0.15) is 11.5 Å². The van der Waals surface area contributed by atoms with Crippen LogP contribution >= 0.6 is 0 Å². The largest absolute Gasteiger partial charge is 0.453 e. The summed E-state index contributed by atoms with van der Waals surface area (Å²) in [7, 11) is 0. The molecule has 1 saturated heterocycles. The van der Waals surface area contributed by atoms with Crippen LogP contribution in [0.3, 0.4) is 0 Å². The summed E-state index contributed by atoms with van der Waals surface area (Å²) in [6.07, 6.45) is 0. The minimum atomic E-state index is -0.316. The molecule has 3 aromatic carbocycles. The lowest BCUT2D eigenvalue weighted by molar-refractivity contribution is 0.0304. The Morgan fingerprint density at radius 3 is 1.97 bits per heavy atom. The number of hydrogen-bond donors (Lipinski definition) is 2. The third-order valence-corrected chi connectivity index (χ3v) is 5.89. The molecule has 4 rings (SSSR count). The molecule has 1 heterocycles. The van der Waals surface area contributed by atoms with Gasteiger partial charge < -0.3 is 19.9 Å². The Morgan fingerprint density at radius 2 is 1.41 bits per heavy atom. The second-order valence-corrected chi connectivity index (χ2v) is 8.87. The first-order chi connectivity index (χ1) is 15.6. The minimum absolute atomic E-state index is 0.0542. The number of aliphatic hydroxyl groups excluding tert-OH is 1. The molecule has 0 bridgehead atoms. The zero-order valence-corrected chi connectivity index (χ0v) is 18.8. The lowest BCUT2D eigenvalue weighted by Crippen LogP contribution is -2.49. The van der Waals surface area contributed by atoms with E-state index in [0.717, 1.165) is 43.2 Å². The summed E-state index contributed by atoms with van der Waals surface area (Å²) < 4.78 is 12.5. The standard InChI is InChI=1S/C27H32N2O3/c1-27(2,20-30)26(29-17-15-28-16-18-29)21-13-14-24(31-22-9-5-3-6-10-22)25(19-21)32-23-11-7-4-8-12-23/h3-14,19,26,28,30H,15-18,20H2,1-2H3/t26-/m0/s1. The van der Waals surface area contributed by atoms with Crippen LogP contribution in [0.4, 0.5) is 0 Å². The maximum Gasteiger partial charge on any atom is 0.170 e. The molecule has 3 aromatic rings. The minimum Gasteiger partial charge on any atom is -0.453 e. The van der Waals surface area contributed by atoms with E-state index in [0.29, 0.717) is 11.5 Å². The van der Waals surface area contributed by atoms with E-state index >= 15 is 0 Å². The Labute approximate surface area is 190 Å². The quantitative estimate of drug-likeness (QED) is 0.510. The van der Waals surface area contributed by atoms with Gasteiger partial charge in [0.25, 0.3) is 0 Å². The van der Waals surface area contributed by atoms with Gasteiger partial charge in [-0.3, -0.25) is 4.90 Å². The van der Waals surface area contributed by atoms with Gasteiger partial charge in [-0.05, 0) is 42.0 Å². The molecule has 2 N–H and O–H groups in total. The van der Waals surface area contributed by atoms with Gasteiger partial charge in [0.05, 0.1) is 0 Å². The average Bonchev–Trinajstić information content (AvgIpc) is 2.83. The van der Waals surface area contributed by atoms with Crippen molar-refractivity contribution in [1.82, 2.24) is 10.2 Å². The molecule has 0 amide bonds. The molecular weight excluding hydrogens is 400 g/mol. The maximum absolute atomic E-state index is 10.2. The summed E-state index contributed by atoms with van der Waals surface area (Å²) in [5.74, 6) is 2.83. The molecule has 0 aromatic heterocycles. The molecule has 0 aliphatic carbocycles. The molecule has 1 aliphatic heterocycles. The molecule has 0 spiro atoms. The van der Waals surface area contributed by atoms with Crippen molar-refractivity contribution in [1.29, 1.82) is 0 Å². The molecule has 5 heteroatoms. The summed E-state index contributed by atoms with van der Waals surface area (Å²) in [5, 5.41) is 13.6. The van der Waals surface area contributed by atoms with Crippen molar-refractivity contribution in [2.75, 3.05) is 32.8 Å². The van der Waals surface area contributed by atoms with Crippen LogP contribution in [0.5, 0.6) is 23.0 Å². The molecule has 1 atom stereocenters. The number of benzene rings is 3. The monoisotopic (exact) mass is 432 g/mol. The van der Waals surface area contributed by atoms with Crippen LogP contribution in [0.25, 0.3) is 0 Å². The van der Waals surface area contributed by atoms with E-state index in [-0.39, 0.29) is 18.1 Å². The van der Waals surface area contributed by atoms with Gasteiger partial charge in [0, 0.05) is 44.2 Å². The van der Waals surface area contributed by atoms with Crippen LogP contribution in [0.1, 0.15) is 25.5 Å². The van der Waals surface area contributed by atoms with Gasteiger partial charge in [-0.2, -0.15) is 0 Å².